The summed E-state index contributed by atoms with van der Waals surface area (Å²) in [6.45, 7) is 12.6. The molecule has 26 heavy (non-hydrogen) atoms. The van der Waals surface area contributed by atoms with E-state index in [0.717, 1.165) is 19.3 Å². The van der Waals surface area contributed by atoms with Gasteiger partial charge in [-0.1, -0.05) is 39.8 Å². The van der Waals surface area contributed by atoms with E-state index in [1.165, 1.54) is 0 Å². The van der Waals surface area contributed by atoms with Crippen molar-refractivity contribution >= 4 is 0 Å². The van der Waals surface area contributed by atoms with E-state index >= 15 is 0 Å². The van der Waals surface area contributed by atoms with Crippen molar-refractivity contribution in [3.05, 3.63) is 12.2 Å². The van der Waals surface area contributed by atoms with Crippen molar-refractivity contribution in [2.45, 2.75) is 95.9 Å². The summed E-state index contributed by atoms with van der Waals surface area (Å²) < 4.78 is 12.3. The lowest BCUT2D eigenvalue weighted by molar-refractivity contribution is -0.392. The minimum Gasteiger partial charge on any atom is -0.383 e. The van der Waals surface area contributed by atoms with E-state index in [1.807, 2.05) is 6.08 Å². The smallest absolute Gasteiger partial charge is 0.150 e. The van der Waals surface area contributed by atoms with Crippen molar-refractivity contribution in [2.24, 2.45) is 17.8 Å². The molecule has 0 radical (unpaired) electrons. The largest absolute Gasteiger partial charge is 0.383 e. The number of fused-ring (bicyclic) bond motifs is 2. The van der Waals surface area contributed by atoms with E-state index in [4.69, 9.17) is 19.2 Å². The van der Waals surface area contributed by atoms with Crippen LogP contribution in [0.3, 0.4) is 0 Å². The molecule has 0 aromatic carbocycles. The van der Waals surface area contributed by atoms with Gasteiger partial charge < -0.3 is 14.6 Å². The minimum atomic E-state index is -1.04. The van der Waals surface area contributed by atoms with Crippen LogP contribution in [-0.2, 0) is 19.2 Å². The number of aliphatic hydroxyl groups is 1. The van der Waals surface area contributed by atoms with E-state index in [9.17, 15) is 5.11 Å². The first-order chi connectivity index (χ1) is 12.1. The molecule has 7 unspecified atom stereocenters. The Bertz CT molecular complexity index is 543. The maximum absolute atomic E-state index is 10.7. The highest BCUT2D eigenvalue weighted by Crippen LogP contribution is 2.56. The fraction of sp³-hybridized carbons (Fsp3) is 0.905. The van der Waals surface area contributed by atoms with E-state index in [0.29, 0.717) is 17.8 Å². The molecule has 3 aliphatic rings. The van der Waals surface area contributed by atoms with E-state index in [-0.39, 0.29) is 17.8 Å². The van der Waals surface area contributed by atoms with Gasteiger partial charge in [0, 0.05) is 7.11 Å². The standard InChI is InChI=1S/C21H36O5/c1-13(2)15-8-9-19(5,22)16(12-15)24-25-17-18(23-7)21(14(3)4)11-10-20(17,6)26-21/h8-9,13-18,22H,10-12H2,1-7H3. The SMILES string of the molecule is COC1C(OOC2CC(C(C)C)C=CC2(C)O)C2(C)CCC1(C(C)C)O2. The normalized spacial score (nSPS) is 48.1. The van der Waals surface area contributed by atoms with Gasteiger partial charge in [0.15, 0.2) is 6.10 Å². The van der Waals surface area contributed by atoms with Crippen molar-refractivity contribution in [1.82, 2.24) is 0 Å². The fourth-order valence-electron chi connectivity index (χ4n) is 4.92. The molecule has 0 aromatic rings. The predicted molar refractivity (Wildman–Crippen MR) is 99.5 cm³/mol. The molecule has 2 aliphatic heterocycles. The van der Waals surface area contributed by atoms with Gasteiger partial charge in [0.25, 0.3) is 0 Å². The van der Waals surface area contributed by atoms with Gasteiger partial charge in [-0.3, -0.25) is 0 Å². The van der Waals surface area contributed by atoms with Crippen LogP contribution in [-0.4, -0.2) is 47.3 Å². The van der Waals surface area contributed by atoms with Gasteiger partial charge in [0.05, 0.1) is 5.60 Å². The van der Waals surface area contributed by atoms with Crippen LogP contribution in [0.15, 0.2) is 12.2 Å². The summed E-state index contributed by atoms with van der Waals surface area (Å²) in [5.41, 5.74) is -1.78. The second-order valence-corrected chi connectivity index (χ2v) is 9.51. The number of hydrogen-bond acceptors (Lipinski definition) is 5. The summed E-state index contributed by atoms with van der Waals surface area (Å²) in [7, 11) is 1.72. The van der Waals surface area contributed by atoms with Crippen LogP contribution in [0.25, 0.3) is 0 Å². The Morgan fingerprint density at radius 2 is 1.77 bits per heavy atom. The van der Waals surface area contributed by atoms with Crippen molar-refractivity contribution in [3.63, 3.8) is 0 Å². The van der Waals surface area contributed by atoms with Crippen molar-refractivity contribution < 1.29 is 24.4 Å². The van der Waals surface area contributed by atoms with Crippen LogP contribution in [0.2, 0.25) is 0 Å². The summed E-state index contributed by atoms with van der Waals surface area (Å²) in [4.78, 5) is 11.9. The maximum atomic E-state index is 10.7. The molecule has 0 saturated carbocycles. The predicted octanol–water partition coefficient (Wildman–Crippen LogP) is 3.65. The molecule has 5 heteroatoms. The third-order valence-corrected chi connectivity index (χ3v) is 6.98. The first-order valence-corrected chi connectivity index (χ1v) is 10.0. The second kappa shape index (κ2) is 6.85. The second-order valence-electron chi connectivity index (χ2n) is 9.51. The summed E-state index contributed by atoms with van der Waals surface area (Å²) in [5, 5.41) is 10.7. The fourth-order valence-corrected chi connectivity index (χ4v) is 4.92. The molecule has 150 valence electrons. The number of allylic oxidation sites excluding steroid dienone is 1. The van der Waals surface area contributed by atoms with E-state index in [1.54, 1.807) is 14.0 Å². The molecule has 3 rings (SSSR count). The summed E-state index contributed by atoms with van der Waals surface area (Å²) in [5.74, 6) is 1.19. The molecule has 2 heterocycles. The molecule has 7 atom stereocenters. The van der Waals surface area contributed by atoms with Crippen LogP contribution in [0.1, 0.15) is 60.8 Å². The van der Waals surface area contributed by atoms with Gasteiger partial charge in [-0.25, -0.2) is 9.78 Å². The van der Waals surface area contributed by atoms with Gasteiger partial charge in [-0.2, -0.15) is 0 Å². The molecule has 0 spiro atoms. The van der Waals surface area contributed by atoms with Gasteiger partial charge in [-0.15, -0.1) is 0 Å². The highest BCUT2D eigenvalue weighted by Gasteiger charge is 2.68. The Hall–Kier alpha value is -0.460. The number of rotatable bonds is 6. The molecular weight excluding hydrogens is 332 g/mol. The molecule has 2 bridgehead atoms. The van der Waals surface area contributed by atoms with Crippen LogP contribution < -0.4 is 0 Å². The molecule has 2 saturated heterocycles. The Labute approximate surface area is 158 Å². The van der Waals surface area contributed by atoms with Crippen LogP contribution in [0.5, 0.6) is 0 Å². The Morgan fingerprint density at radius 3 is 2.35 bits per heavy atom. The summed E-state index contributed by atoms with van der Waals surface area (Å²) in [6.07, 6.45) is 5.69. The average Bonchev–Trinajstić information content (AvgIpc) is 3.03. The Morgan fingerprint density at radius 1 is 1.08 bits per heavy atom. The van der Waals surface area contributed by atoms with Crippen molar-refractivity contribution in [1.29, 1.82) is 0 Å². The van der Waals surface area contributed by atoms with Crippen LogP contribution >= 0.6 is 0 Å². The third kappa shape index (κ3) is 3.16. The lowest BCUT2D eigenvalue weighted by atomic mass is 9.73. The highest BCUT2D eigenvalue weighted by molar-refractivity contribution is 5.16. The van der Waals surface area contributed by atoms with Crippen LogP contribution in [0, 0.1) is 17.8 Å². The highest BCUT2D eigenvalue weighted by atomic mass is 17.2. The topological polar surface area (TPSA) is 57.2 Å². The Kier molecular flexibility index (Phi) is 5.35. The molecule has 5 nitrogen and oxygen atoms in total. The Balaban J connectivity index is 1.74. The lowest BCUT2D eigenvalue weighted by Crippen LogP contribution is -2.54. The average molecular weight is 369 g/mol. The third-order valence-electron chi connectivity index (χ3n) is 6.98. The van der Waals surface area contributed by atoms with Gasteiger partial charge >= 0.3 is 0 Å². The van der Waals surface area contributed by atoms with Crippen molar-refractivity contribution in [2.75, 3.05) is 7.11 Å². The lowest BCUT2D eigenvalue weighted by Gasteiger charge is -2.40. The molecule has 1 N–H and O–H groups in total. The number of hydrogen-bond donors (Lipinski definition) is 1. The maximum Gasteiger partial charge on any atom is 0.150 e. The van der Waals surface area contributed by atoms with E-state index in [2.05, 4.69) is 40.7 Å². The van der Waals surface area contributed by atoms with Gasteiger partial charge in [-0.05, 0) is 50.9 Å². The molecule has 1 aliphatic carbocycles. The zero-order chi connectivity index (χ0) is 19.3. The molecule has 0 amide bonds. The first kappa shape index (κ1) is 20.3. The van der Waals surface area contributed by atoms with Crippen LogP contribution in [0.4, 0.5) is 0 Å². The monoisotopic (exact) mass is 368 g/mol. The van der Waals surface area contributed by atoms with E-state index < -0.39 is 17.3 Å². The minimum absolute atomic E-state index is 0.175. The van der Waals surface area contributed by atoms with Crippen molar-refractivity contribution in [3.8, 4) is 0 Å². The molecule has 0 aromatic heterocycles. The van der Waals surface area contributed by atoms with Gasteiger partial charge in [0.1, 0.15) is 23.4 Å². The van der Waals surface area contributed by atoms with Gasteiger partial charge in [0.2, 0.25) is 0 Å². The molecule has 2 fully saturated rings. The zero-order valence-electron chi connectivity index (χ0n) is 17.3. The number of ether oxygens (including phenoxy) is 2. The molecular formula is C21H36O5. The quantitative estimate of drug-likeness (QED) is 0.441. The number of methoxy groups -OCH3 is 1. The summed E-state index contributed by atoms with van der Waals surface area (Å²) >= 11 is 0. The first-order valence-electron chi connectivity index (χ1n) is 10.0. The zero-order valence-corrected chi connectivity index (χ0v) is 17.3. The summed E-state index contributed by atoms with van der Waals surface area (Å²) in [6, 6.07) is 0.